The Bertz CT molecular complexity index is 913. The van der Waals surface area contributed by atoms with Crippen molar-refractivity contribution in [1.29, 1.82) is 0 Å². The number of guanidine groups is 1. The number of aromatic nitrogens is 2. The van der Waals surface area contributed by atoms with Gasteiger partial charge in [0.2, 0.25) is 0 Å². The lowest BCUT2D eigenvalue weighted by Crippen LogP contribution is -2.38. The zero-order chi connectivity index (χ0) is 19.2. The van der Waals surface area contributed by atoms with Gasteiger partial charge in [-0.1, -0.05) is 26.0 Å². The Labute approximate surface area is 188 Å². The van der Waals surface area contributed by atoms with Crippen LogP contribution in [-0.2, 0) is 13.0 Å². The van der Waals surface area contributed by atoms with Gasteiger partial charge in [-0.2, -0.15) is 0 Å². The van der Waals surface area contributed by atoms with E-state index in [1.807, 2.05) is 0 Å². The number of benzene rings is 1. The number of fused-ring (bicyclic) bond motifs is 1. The fraction of sp³-hybridized carbons (Fsp3) is 0.429. The molecule has 0 atom stereocenters. The highest BCUT2D eigenvalue weighted by molar-refractivity contribution is 14.0. The summed E-state index contributed by atoms with van der Waals surface area (Å²) in [4.78, 5) is 12.7. The van der Waals surface area contributed by atoms with Crippen LogP contribution < -0.4 is 10.6 Å². The zero-order valence-electron chi connectivity index (χ0n) is 17.0. The van der Waals surface area contributed by atoms with Crippen LogP contribution in [0.1, 0.15) is 48.5 Å². The first-order valence-corrected chi connectivity index (χ1v) is 10.5. The van der Waals surface area contributed by atoms with Crippen molar-refractivity contribution in [2.24, 2.45) is 4.99 Å². The first-order chi connectivity index (χ1) is 13.1. The summed E-state index contributed by atoms with van der Waals surface area (Å²) < 4.78 is 0. The molecule has 0 aliphatic heterocycles. The van der Waals surface area contributed by atoms with Crippen LogP contribution >= 0.6 is 35.3 Å². The van der Waals surface area contributed by atoms with Crippen molar-refractivity contribution in [2.75, 3.05) is 13.1 Å². The number of H-pyrrole nitrogens is 1. The van der Waals surface area contributed by atoms with Crippen molar-refractivity contribution in [3.63, 3.8) is 0 Å². The Balaban J connectivity index is 0.00000280. The lowest BCUT2D eigenvalue weighted by atomic mass is 10.1. The number of hydrogen-bond donors (Lipinski definition) is 3. The average Bonchev–Trinajstić information content (AvgIpc) is 3.28. The summed E-state index contributed by atoms with van der Waals surface area (Å²) in [6, 6.07) is 6.39. The van der Waals surface area contributed by atoms with Crippen molar-refractivity contribution in [3.05, 3.63) is 51.6 Å². The maximum atomic E-state index is 4.69. The first-order valence-electron chi connectivity index (χ1n) is 9.60. The minimum atomic E-state index is 0. The summed E-state index contributed by atoms with van der Waals surface area (Å²) in [5.74, 6) is 1.31. The number of nitrogens with zero attached hydrogens (tertiary/aromatic N) is 2. The molecule has 0 fully saturated rings. The topological polar surface area (TPSA) is 65.1 Å². The zero-order valence-corrected chi connectivity index (χ0v) is 20.2. The summed E-state index contributed by atoms with van der Waals surface area (Å²) in [6.07, 6.45) is 3.07. The van der Waals surface area contributed by atoms with Gasteiger partial charge in [-0.25, -0.2) is 9.98 Å². The molecule has 0 saturated carbocycles. The van der Waals surface area contributed by atoms with E-state index in [4.69, 9.17) is 0 Å². The van der Waals surface area contributed by atoms with E-state index in [0.717, 1.165) is 36.2 Å². The molecule has 0 bridgehead atoms. The molecule has 0 unspecified atom stereocenters. The van der Waals surface area contributed by atoms with E-state index in [9.17, 15) is 0 Å². The van der Waals surface area contributed by atoms with Crippen molar-refractivity contribution >= 4 is 52.2 Å². The number of hydrogen-bond acceptors (Lipinski definition) is 3. The maximum absolute atomic E-state index is 4.69. The van der Waals surface area contributed by atoms with Crippen molar-refractivity contribution < 1.29 is 0 Å². The van der Waals surface area contributed by atoms with Crippen LogP contribution in [0.3, 0.4) is 0 Å². The van der Waals surface area contributed by atoms with Gasteiger partial charge < -0.3 is 15.6 Å². The number of aryl methyl sites for hydroxylation is 1. The maximum Gasteiger partial charge on any atom is 0.191 e. The molecule has 5 nitrogen and oxygen atoms in total. The molecular formula is C21H30IN5S. The predicted octanol–water partition coefficient (Wildman–Crippen LogP) is 4.97. The quantitative estimate of drug-likeness (QED) is 0.238. The Morgan fingerprint density at radius 2 is 2.11 bits per heavy atom. The minimum Gasteiger partial charge on any atom is -0.361 e. The predicted molar refractivity (Wildman–Crippen MR) is 131 cm³/mol. The molecule has 7 heteroatoms. The first kappa shape index (κ1) is 22.7. The number of halogens is 1. The molecule has 2 aromatic heterocycles. The summed E-state index contributed by atoms with van der Waals surface area (Å²) in [7, 11) is 0. The van der Waals surface area contributed by atoms with Gasteiger partial charge in [-0.15, -0.1) is 35.3 Å². The van der Waals surface area contributed by atoms with Gasteiger partial charge >= 0.3 is 0 Å². The molecule has 3 N–H and O–H groups in total. The number of nitrogens with one attached hydrogen (secondary N) is 3. The number of aromatic amines is 1. The molecule has 0 aliphatic rings. The molecule has 0 radical (unpaired) electrons. The van der Waals surface area contributed by atoms with Gasteiger partial charge in [0.1, 0.15) is 5.01 Å². The normalized spacial score (nSPS) is 11.7. The lowest BCUT2D eigenvalue weighted by Gasteiger charge is -2.11. The van der Waals surface area contributed by atoms with Gasteiger partial charge in [-0.05, 0) is 43.4 Å². The SMILES string of the molecule is CCNC(=NCc1nc(C(C)C)cs1)NCCc1c[nH]c2cccc(C)c12.I. The average molecular weight is 511 g/mol. The van der Waals surface area contributed by atoms with Gasteiger partial charge in [0.15, 0.2) is 5.96 Å². The van der Waals surface area contributed by atoms with Crippen LogP contribution in [0.15, 0.2) is 34.8 Å². The van der Waals surface area contributed by atoms with Gasteiger partial charge in [-0.3, -0.25) is 0 Å². The molecule has 0 saturated heterocycles. The monoisotopic (exact) mass is 511 g/mol. The standard InChI is InChI=1S/C21H29N5S.HI/c1-5-22-21(25-12-19-26-18(13-27-19)14(2)3)23-10-9-16-11-24-17-8-6-7-15(4)20(16)17;/h6-8,11,13-14,24H,5,9-10,12H2,1-4H3,(H2,22,23,25);1H. The van der Waals surface area contributed by atoms with E-state index < -0.39 is 0 Å². The van der Waals surface area contributed by atoms with Crippen LogP contribution in [0, 0.1) is 6.92 Å². The summed E-state index contributed by atoms with van der Waals surface area (Å²) >= 11 is 1.68. The number of aliphatic imine (C=N–C) groups is 1. The Morgan fingerprint density at radius 3 is 2.82 bits per heavy atom. The van der Waals surface area contributed by atoms with E-state index in [0.29, 0.717) is 12.5 Å². The van der Waals surface area contributed by atoms with Gasteiger partial charge in [0, 0.05) is 35.6 Å². The fourth-order valence-corrected chi connectivity index (χ4v) is 3.99. The molecule has 1 aromatic carbocycles. The molecule has 3 rings (SSSR count). The van der Waals surface area contributed by atoms with Crippen LogP contribution in [-0.4, -0.2) is 29.0 Å². The molecule has 28 heavy (non-hydrogen) atoms. The van der Waals surface area contributed by atoms with E-state index >= 15 is 0 Å². The second-order valence-corrected chi connectivity index (χ2v) is 7.95. The Hall–Kier alpha value is -1.61. The van der Waals surface area contributed by atoms with Gasteiger partial charge in [0.05, 0.1) is 12.2 Å². The molecule has 2 heterocycles. The Kier molecular flexibility index (Phi) is 8.75. The van der Waals surface area contributed by atoms with Crippen molar-refractivity contribution in [3.8, 4) is 0 Å². The summed E-state index contributed by atoms with van der Waals surface area (Å²) in [5.41, 5.74) is 5.01. The van der Waals surface area contributed by atoms with E-state index in [2.05, 4.69) is 83.1 Å². The molecule has 0 aliphatic carbocycles. The summed E-state index contributed by atoms with van der Waals surface area (Å²) in [5, 5.41) is 11.3. The third-order valence-corrected chi connectivity index (χ3v) is 5.41. The minimum absolute atomic E-state index is 0. The van der Waals surface area contributed by atoms with E-state index in [1.165, 1.54) is 22.0 Å². The van der Waals surface area contributed by atoms with E-state index in [-0.39, 0.29) is 24.0 Å². The van der Waals surface area contributed by atoms with Gasteiger partial charge in [0.25, 0.3) is 0 Å². The highest BCUT2D eigenvalue weighted by atomic mass is 127. The van der Waals surface area contributed by atoms with Crippen molar-refractivity contribution in [1.82, 2.24) is 20.6 Å². The summed E-state index contributed by atoms with van der Waals surface area (Å²) in [6.45, 7) is 10.9. The highest BCUT2D eigenvalue weighted by Crippen LogP contribution is 2.22. The van der Waals surface area contributed by atoms with Crippen LogP contribution in [0.2, 0.25) is 0 Å². The van der Waals surface area contributed by atoms with Crippen LogP contribution in [0.25, 0.3) is 10.9 Å². The Morgan fingerprint density at radius 1 is 1.29 bits per heavy atom. The molecule has 0 spiro atoms. The second kappa shape index (κ2) is 10.8. The third kappa shape index (κ3) is 5.70. The third-order valence-electron chi connectivity index (χ3n) is 4.56. The fourth-order valence-electron chi connectivity index (χ4n) is 3.12. The lowest BCUT2D eigenvalue weighted by molar-refractivity contribution is 0.795. The smallest absolute Gasteiger partial charge is 0.191 e. The van der Waals surface area contributed by atoms with E-state index in [1.54, 1.807) is 11.3 Å². The van der Waals surface area contributed by atoms with Crippen molar-refractivity contribution in [2.45, 2.75) is 46.6 Å². The van der Waals surface area contributed by atoms with Crippen LogP contribution in [0.4, 0.5) is 0 Å². The molecule has 0 amide bonds. The molecule has 3 aromatic rings. The second-order valence-electron chi connectivity index (χ2n) is 7.00. The largest absolute Gasteiger partial charge is 0.361 e. The number of rotatable bonds is 7. The number of thiazole rings is 1. The molecular weight excluding hydrogens is 481 g/mol. The van der Waals surface area contributed by atoms with Crippen LogP contribution in [0.5, 0.6) is 0 Å². The molecule has 152 valence electrons. The highest BCUT2D eigenvalue weighted by Gasteiger charge is 2.07.